The number of aryl methyl sites for hydroxylation is 1. The number of hydrogen-bond donors (Lipinski definition) is 0. The molecule has 0 aliphatic heterocycles. The molecule has 0 bridgehead atoms. The number of pyridine rings is 1. The minimum Gasteiger partial charge on any atom is -0.245 e. The van der Waals surface area contributed by atoms with Gasteiger partial charge >= 0.3 is 0 Å². The van der Waals surface area contributed by atoms with Gasteiger partial charge in [-0.05, 0) is 19.1 Å². The maximum Gasteiger partial charge on any atom is 0.101 e. The van der Waals surface area contributed by atoms with Gasteiger partial charge in [-0.25, -0.2) is 4.98 Å². The third-order valence-corrected chi connectivity index (χ3v) is 2.64. The van der Waals surface area contributed by atoms with Crippen molar-refractivity contribution in [3.8, 4) is 6.07 Å². The van der Waals surface area contributed by atoms with Gasteiger partial charge in [0, 0.05) is 4.75 Å². The summed E-state index contributed by atoms with van der Waals surface area (Å²) in [5.74, 6) is 0. The lowest BCUT2D eigenvalue weighted by Crippen LogP contribution is -2.07. The summed E-state index contributed by atoms with van der Waals surface area (Å²) in [6.07, 6.45) is 0. The molecule has 1 aromatic heterocycles. The molecule has 0 amide bonds. The Morgan fingerprint density at radius 1 is 1.36 bits per heavy atom. The fourth-order valence-electron chi connectivity index (χ4n) is 1.03. The molecule has 1 heterocycles. The van der Waals surface area contributed by atoms with E-state index >= 15 is 0 Å². The fraction of sp³-hybridized carbons (Fsp3) is 0.455. The van der Waals surface area contributed by atoms with Crippen molar-refractivity contribution in [1.29, 1.82) is 5.26 Å². The van der Waals surface area contributed by atoms with E-state index in [4.69, 9.17) is 5.26 Å². The van der Waals surface area contributed by atoms with E-state index in [0.29, 0.717) is 5.56 Å². The minimum absolute atomic E-state index is 0.160. The molecule has 0 N–H and O–H groups in total. The molecule has 3 heteroatoms. The highest BCUT2D eigenvalue weighted by molar-refractivity contribution is 8.00. The maximum atomic E-state index is 8.75. The van der Waals surface area contributed by atoms with Crippen molar-refractivity contribution in [2.24, 2.45) is 0 Å². The predicted octanol–water partition coefficient (Wildman–Crippen LogP) is 3.15. The van der Waals surface area contributed by atoms with Crippen molar-refractivity contribution >= 4 is 11.8 Å². The molecule has 74 valence electrons. The second-order valence-electron chi connectivity index (χ2n) is 4.11. The number of nitrogens with zero attached hydrogens (tertiary/aromatic N) is 2. The molecule has 0 unspecified atom stereocenters. The third-order valence-electron chi connectivity index (χ3n) is 1.59. The summed E-state index contributed by atoms with van der Waals surface area (Å²) in [6, 6.07) is 5.85. The van der Waals surface area contributed by atoms with Crippen LogP contribution in [0.2, 0.25) is 0 Å². The highest BCUT2D eigenvalue weighted by Crippen LogP contribution is 2.30. The molecule has 0 aliphatic rings. The first-order valence-corrected chi connectivity index (χ1v) is 5.31. The first kappa shape index (κ1) is 11.1. The van der Waals surface area contributed by atoms with Crippen LogP contribution in [0.5, 0.6) is 0 Å². The summed E-state index contributed by atoms with van der Waals surface area (Å²) < 4.78 is 0.160. The van der Waals surface area contributed by atoms with E-state index in [1.807, 2.05) is 19.1 Å². The van der Waals surface area contributed by atoms with E-state index < -0.39 is 0 Å². The molecule has 1 rings (SSSR count). The summed E-state index contributed by atoms with van der Waals surface area (Å²) in [6.45, 7) is 8.30. The van der Waals surface area contributed by atoms with Gasteiger partial charge in [-0.15, -0.1) is 11.8 Å². The van der Waals surface area contributed by atoms with Gasteiger partial charge in [-0.1, -0.05) is 20.8 Å². The van der Waals surface area contributed by atoms with Gasteiger partial charge in [0.25, 0.3) is 0 Å². The van der Waals surface area contributed by atoms with Crippen molar-refractivity contribution in [2.45, 2.75) is 37.5 Å². The van der Waals surface area contributed by atoms with Crippen LogP contribution >= 0.6 is 11.8 Å². The maximum absolute atomic E-state index is 8.75. The van der Waals surface area contributed by atoms with Crippen molar-refractivity contribution in [2.75, 3.05) is 0 Å². The Morgan fingerprint density at radius 2 is 2.00 bits per heavy atom. The largest absolute Gasteiger partial charge is 0.245 e. The van der Waals surface area contributed by atoms with Crippen LogP contribution in [0.4, 0.5) is 0 Å². The lowest BCUT2D eigenvalue weighted by atomic mass is 10.2. The molecule has 0 spiro atoms. The zero-order valence-corrected chi connectivity index (χ0v) is 9.77. The normalized spacial score (nSPS) is 11.1. The van der Waals surface area contributed by atoms with Crippen molar-refractivity contribution in [3.05, 3.63) is 23.4 Å². The molecule has 0 saturated carbocycles. The highest BCUT2D eigenvalue weighted by atomic mass is 32.2. The smallest absolute Gasteiger partial charge is 0.101 e. The molecule has 0 saturated heterocycles. The van der Waals surface area contributed by atoms with Crippen molar-refractivity contribution in [3.63, 3.8) is 0 Å². The van der Waals surface area contributed by atoms with Crippen LogP contribution in [0.25, 0.3) is 0 Å². The van der Waals surface area contributed by atoms with Crippen molar-refractivity contribution in [1.82, 2.24) is 4.98 Å². The van der Waals surface area contributed by atoms with Gasteiger partial charge < -0.3 is 0 Å². The van der Waals surface area contributed by atoms with Gasteiger partial charge in [-0.3, -0.25) is 0 Å². The van der Waals surface area contributed by atoms with Crippen LogP contribution in [-0.4, -0.2) is 9.73 Å². The summed E-state index contributed by atoms with van der Waals surface area (Å²) >= 11 is 1.71. The SMILES string of the molecule is Cc1nc(SC(C)(C)C)ccc1C#N. The number of aromatic nitrogens is 1. The molecule has 0 aromatic carbocycles. The van der Waals surface area contributed by atoms with Crippen LogP contribution in [0, 0.1) is 18.3 Å². The zero-order chi connectivity index (χ0) is 10.8. The topological polar surface area (TPSA) is 36.7 Å². The van der Waals surface area contributed by atoms with Crippen LogP contribution in [0.3, 0.4) is 0 Å². The molecule has 0 radical (unpaired) electrons. The Hall–Kier alpha value is -1.01. The number of nitriles is 1. The minimum atomic E-state index is 0.160. The Bertz CT molecular complexity index is 372. The third kappa shape index (κ3) is 3.04. The number of thioether (sulfide) groups is 1. The molecular weight excluding hydrogens is 192 g/mol. The van der Waals surface area contributed by atoms with Gasteiger partial charge in [0.05, 0.1) is 16.3 Å². The quantitative estimate of drug-likeness (QED) is 0.662. The average Bonchev–Trinajstić information content (AvgIpc) is 2.01. The Labute approximate surface area is 89.4 Å². The van der Waals surface area contributed by atoms with E-state index in [-0.39, 0.29) is 4.75 Å². The Morgan fingerprint density at radius 3 is 2.43 bits per heavy atom. The Balaban J connectivity index is 2.94. The Kier molecular flexibility index (Phi) is 3.17. The molecule has 14 heavy (non-hydrogen) atoms. The summed E-state index contributed by atoms with van der Waals surface area (Å²) in [5.41, 5.74) is 1.46. The van der Waals surface area contributed by atoms with Gasteiger partial charge in [0.2, 0.25) is 0 Å². The zero-order valence-electron chi connectivity index (χ0n) is 8.96. The standard InChI is InChI=1S/C11H14N2S/c1-8-9(7-12)5-6-10(13-8)14-11(2,3)4/h5-6H,1-4H3. The molecule has 2 nitrogen and oxygen atoms in total. The van der Waals surface area contributed by atoms with Crippen LogP contribution in [0.15, 0.2) is 17.2 Å². The van der Waals surface area contributed by atoms with Crippen LogP contribution in [0.1, 0.15) is 32.0 Å². The van der Waals surface area contributed by atoms with E-state index in [9.17, 15) is 0 Å². The number of rotatable bonds is 1. The molecule has 0 fully saturated rings. The lowest BCUT2D eigenvalue weighted by molar-refractivity contribution is 0.798. The van der Waals surface area contributed by atoms with Crippen LogP contribution in [-0.2, 0) is 0 Å². The molecular formula is C11H14N2S. The lowest BCUT2D eigenvalue weighted by Gasteiger charge is -2.16. The van der Waals surface area contributed by atoms with Crippen LogP contribution < -0.4 is 0 Å². The number of hydrogen-bond acceptors (Lipinski definition) is 3. The summed E-state index contributed by atoms with van der Waals surface area (Å²) in [4.78, 5) is 4.37. The first-order chi connectivity index (χ1) is 6.42. The second kappa shape index (κ2) is 4.02. The van der Waals surface area contributed by atoms with Crippen molar-refractivity contribution < 1.29 is 0 Å². The second-order valence-corrected chi connectivity index (χ2v) is 5.96. The molecule has 1 aromatic rings. The summed E-state index contributed by atoms with van der Waals surface area (Å²) in [5, 5.41) is 9.73. The van der Waals surface area contributed by atoms with E-state index in [1.54, 1.807) is 11.8 Å². The predicted molar refractivity (Wildman–Crippen MR) is 59.3 cm³/mol. The van der Waals surface area contributed by atoms with Gasteiger partial charge in [-0.2, -0.15) is 5.26 Å². The fourth-order valence-corrected chi connectivity index (χ4v) is 1.97. The van der Waals surface area contributed by atoms with Gasteiger partial charge in [0.1, 0.15) is 6.07 Å². The van der Waals surface area contributed by atoms with E-state index in [2.05, 4.69) is 31.8 Å². The summed E-state index contributed by atoms with van der Waals surface area (Å²) in [7, 11) is 0. The molecule has 0 atom stereocenters. The first-order valence-electron chi connectivity index (χ1n) is 4.49. The van der Waals surface area contributed by atoms with E-state index in [1.165, 1.54) is 0 Å². The monoisotopic (exact) mass is 206 g/mol. The average molecular weight is 206 g/mol. The van der Waals surface area contributed by atoms with E-state index in [0.717, 1.165) is 10.7 Å². The van der Waals surface area contributed by atoms with Gasteiger partial charge in [0.15, 0.2) is 0 Å². The molecule has 0 aliphatic carbocycles. The highest BCUT2D eigenvalue weighted by Gasteiger charge is 2.13.